The molecule has 7 heteroatoms. The van der Waals surface area contributed by atoms with Crippen LogP contribution >= 0.6 is 0 Å². The second-order valence-electron chi connectivity index (χ2n) is 6.00. The normalized spacial score (nSPS) is 16.7. The molecule has 1 atom stereocenters. The number of benzene rings is 2. The summed E-state index contributed by atoms with van der Waals surface area (Å²) < 4.78 is 32.6. The fraction of sp³-hybridized carbons (Fsp3) is 0.263. The Morgan fingerprint density at radius 1 is 1.19 bits per heavy atom. The summed E-state index contributed by atoms with van der Waals surface area (Å²) in [5, 5.41) is 2.55. The van der Waals surface area contributed by atoms with Gasteiger partial charge in [-0.2, -0.15) is 0 Å². The summed E-state index contributed by atoms with van der Waals surface area (Å²) in [5.74, 6) is -1.55. The van der Waals surface area contributed by atoms with Crippen molar-refractivity contribution in [3.05, 3.63) is 59.7 Å². The molecule has 0 bridgehead atoms. The van der Waals surface area contributed by atoms with Gasteiger partial charge in [-0.25, -0.2) is 8.78 Å². The Kier molecular flexibility index (Phi) is 5.16. The van der Waals surface area contributed by atoms with Crippen molar-refractivity contribution in [1.82, 2.24) is 5.32 Å². The van der Waals surface area contributed by atoms with Gasteiger partial charge in [-0.15, -0.1) is 0 Å². The predicted molar refractivity (Wildman–Crippen MR) is 91.7 cm³/mol. The third kappa shape index (κ3) is 3.66. The number of carbonyl (C=O) groups excluding carboxylic acids is 2. The molecule has 1 fully saturated rings. The molecule has 136 valence electrons. The molecule has 3 rings (SSSR count). The molecule has 0 saturated carbocycles. The van der Waals surface area contributed by atoms with Crippen LogP contribution in [0.1, 0.15) is 12.0 Å². The Morgan fingerprint density at radius 3 is 2.46 bits per heavy atom. The first-order valence-electron chi connectivity index (χ1n) is 8.17. The SMILES string of the molecule is CNC(=O)[C@H]1CC(=O)N(c2ccc(OCc3c(F)cccc3F)cc2)C1. The molecule has 1 aliphatic heterocycles. The maximum absolute atomic E-state index is 13.6. The molecule has 0 spiro atoms. The summed E-state index contributed by atoms with van der Waals surface area (Å²) in [6, 6.07) is 10.2. The van der Waals surface area contributed by atoms with Crippen molar-refractivity contribution < 1.29 is 23.1 Å². The zero-order valence-electron chi connectivity index (χ0n) is 14.2. The number of rotatable bonds is 5. The van der Waals surface area contributed by atoms with Gasteiger partial charge in [0, 0.05) is 25.7 Å². The Labute approximate surface area is 149 Å². The summed E-state index contributed by atoms with van der Waals surface area (Å²) in [5.41, 5.74) is 0.505. The van der Waals surface area contributed by atoms with E-state index < -0.39 is 11.6 Å². The fourth-order valence-electron chi connectivity index (χ4n) is 2.88. The predicted octanol–water partition coefficient (Wildman–Crippen LogP) is 2.64. The number of hydrogen-bond acceptors (Lipinski definition) is 3. The zero-order chi connectivity index (χ0) is 18.7. The number of nitrogens with zero attached hydrogens (tertiary/aromatic N) is 1. The summed E-state index contributed by atoms with van der Waals surface area (Å²) in [6.45, 7) is 0.0817. The van der Waals surface area contributed by atoms with E-state index in [1.54, 1.807) is 36.2 Å². The van der Waals surface area contributed by atoms with Crippen LogP contribution in [0.15, 0.2) is 42.5 Å². The van der Waals surface area contributed by atoms with Gasteiger partial charge in [0.05, 0.1) is 11.5 Å². The van der Waals surface area contributed by atoms with E-state index in [4.69, 9.17) is 4.74 Å². The minimum atomic E-state index is -0.662. The van der Waals surface area contributed by atoms with Crippen LogP contribution in [-0.2, 0) is 16.2 Å². The summed E-state index contributed by atoms with van der Waals surface area (Å²) in [6.07, 6.45) is 0.171. The first-order chi connectivity index (χ1) is 12.5. The molecule has 0 unspecified atom stereocenters. The summed E-state index contributed by atoms with van der Waals surface area (Å²) >= 11 is 0. The lowest BCUT2D eigenvalue weighted by Gasteiger charge is -2.17. The fourth-order valence-corrected chi connectivity index (χ4v) is 2.88. The van der Waals surface area contributed by atoms with E-state index >= 15 is 0 Å². The molecule has 1 N–H and O–H groups in total. The second-order valence-corrected chi connectivity index (χ2v) is 6.00. The Bertz CT molecular complexity index is 804. The van der Waals surface area contributed by atoms with Gasteiger partial charge < -0.3 is 15.0 Å². The standard InChI is InChI=1S/C19H18F2N2O3/c1-22-19(25)12-9-18(24)23(10-12)13-5-7-14(8-6-13)26-11-15-16(20)3-2-4-17(15)21/h2-8,12H,9-11H2,1H3,(H,22,25)/t12-/m0/s1. The molecule has 2 aromatic carbocycles. The highest BCUT2D eigenvalue weighted by molar-refractivity contribution is 6.00. The van der Waals surface area contributed by atoms with Crippen molar-refractivity contribution >= 4 is 17.5 Å². The average Bonchev–Trinajstić information content (AvgIpc) is 3.03. The van der Waals surface area contributed by atoms with E-state index in [0.717, 1.165) is 0 Å². The lowest BCUT2D eigenvalue weighted by atomic mass is 10.1. The number of nitrogens with one attached hydrogen (secondary N) is 1. The first-order valence-corrected chi connectivity index (χ1v) is 8.17. The number of amides is 2. The maximum atomic E-state index is 13.6. The van der Waals surface area contributed by atoms with E-state index in [2.05, 4.69) is 5.32 Å². The summed E-state index contributed by atoms with van der Waals surface area (Å²) in [4.78, 5) is 25.3. The molecule has 0 aliphatic carbocycles. The van der Waals surface area contributed by atoms with Gasteiger partial charge in [0.1, 0.15) is 24.0 Å². The molecule has 0 radical (unpaired) electrons. The minimum absolute atomic E-state index is 0.124. The quantitative estimate of drug-likeness (QED) is 0.892. The molecule has 2 aromatic rings. The van der Waals surface area contributed by atoms with Gasteiger partial charge in [0.25, 0.3) is 0 Å². The van der Waals surface area contributed by atoms with Crippen molar-refractivity contribution in [2.45, 2.75) is 13.0 Å². The number of ether oxygens (including phenoxy) is 1. The van der Waals surface area contributed by atoms with Crippen molar-refractivity contribution in [3.63, 3.8) is 0 Å². The van der Waals surface area contributed by atoms with Gasteiger partial charge in [0.15, 0.2) is 0 Å². The number of hydrogen-bond donors (Lipinski definition) is 1. The molecular weight excluding hydrogens is 342 g/mol. The topological polar surface area (TPSA) is 58.6 Å². The molecule has 26 heavy (non-hydrogen) atoms. The van der Waals surface area contributed by atoms with Crippen LogP contribution in [0.2, 0.25) is 0 Å². The molecule has 0 aromatic heterocycles. The van der Waals surface area contributed by atoms with Crippen LogP contribution in [0.25, 0.3) is 0 Å². The number of anilines is 1. The minimum Gasteiger partial charge on any atom is -0.489 e. The third-order valence-electron chi connectivity index (χ3n) is 4.34. The van der Waals surface area contributed by atoms with Crippen molar-refractivity contribution in [3.8, 4) is 5.75 Å². The van der Waals surface area contributed by atoms with Crippen LogP contribution in [0.4, 0.5) is 14.5 Å². The average molecular weight is 360 g/mol. The van der Waals surface area contributed by atoms with Crippen LogP contribution in [-0.4, -0.2) is 25.4 Å². The Balaban J connectivity index is 1.66. The van der Waals surface area contributed by atoms with Gasteiger partial charge in [0.2, 0.25) is 11.8 Å². The van der Waals surface area contributed by atoms with Crippen molar-refractivity contribution in [2.24, 2.45) is 5.92 Å². The van der Waals surface area contributed by atoms with E-state index in [-0.39, 0.29) is 36.3 Å². The van der Waals surface area contributed by atoms with E-state index in [9.17, 15) is 18.4 Å². The van der Waals surface area contributed by atoms with Crippen molar-refractivity contribution in [2.75, 3.05) is 18.5 Å². The number of carbonyl (C=O) groups is 2. The zero-order valence-corrected chi connectivity index (χ0v) is 14.2. The van der Waals surface area contributed by atoms with Crippen LogP contribution in [0.5, 0.6) is 5.75 Å². The van der Waals surface area contributed by atoms with Crippen molar-refractivity contribution in [1.29, 1.82) is 0 Å². The number of halogens is 2. The summed E-state index contributed by atoms with van der Waals surface area (Å²) in [7, 11) is 1.54. The van der Waals surface area contributed by atoms with Gasteiger partial charge in [-0.3, -0.25) is 9.59 Å². The molecule has 5 nitrogen and oxygen atoms in total. The van der Waals surface area contributed by atoms with E-state index in [1.165, 1.54) is 18.2 Å². The third-order valence-corrected chi connectivity index (χ3v) is 4.34. The smallest absolute Gasteiger partial charge is 0.227 e. The molecule has 1 saturated heterocycles. The Morgan fingerprint density at radius 2 is 1.85 bits per heavy atom. The lowest BCUT2D eigenvalue weighted by molar-refractivity contribution is -0.125. The molecule has 1 aliphatic rings. The van der Waals surface area contributed by atoms with Crippen LogP contribution < -0.4 is 15.0 Å². The second kappa shape index (κ2) is 7.51. The van der Waals surface area contributed by atoms with Crippen LogP contribution in [0.3, 0.4) is 0 Å². The molecule has 2 amide bonds. The van der Waals surface area contributed by atoms with Crippen LogP contribution in [0, 0.1) is 17.6 Å². The molecular formula is C19H18F2N2O3. The van der Waals surface area contributed by atoms with E-state index in [1.807, 2.05) is 0 Å². The highest BCUT2D eigenvalue weighted by Gasteiger charge is 2.34. The van der Waals surface area contributed by atoms with Gasteiger partial charge in [-0.1, -0.05) is 6.07 Å². The van der Waals surface area contributed by atoms with Gasteiger partial charge >= 0.3 is 0 Å². The maximum Gasteiger partial charge on any atom is 0.227 e. The largest absolute Gasteiger partial charge is 0.489 e. The van der Waals surface area contributed by atoms with Gasteiger partial charge in [-0.05, 0) is 36.4 Å². The highest BCUT2D eigenvalue weighted by Crippen LogP contribution is 2.27. The molecule has 1 heterocycles. The first kappa shape index (κ1) is 17.8. The lowest BCUT2D eigenvalue weighted by Crippen LogP contribution is -2.30. The Hall–Kier alpha value is -2.96. The van der Waals surface area contributed by atoms with E-state index in [0.29, 0.717) is 18.0 Å². The highest BCUT2D eigenvalue weighted by atomic mass is 19.1. The monoisotopic (exact) mass is 360 g/mol.